The van der Waals surface area contributed by atoms with Gasteiger partial charge in [0, 0.05) is 18.9 Å². The van der Waals surface area contributed by atoms with Crippen molar-refractivity contribution < 1.29 is 9.22 Å². The highest BCUT2D eigenvalue weighted by atomic mass is 16.5. The maximum atomic E-state index is 5.56. The van der Waals surface area contributed by atoms with Gasteiger partial charge < -0.3 is 9.22 Å². The second-order valence-corrected chi connectivity index (χ2v) is 5.62. The molecule has 2 aliphatic carbocycles. The molecule has 2 nitrogen and oxygen atoms in total. The maximum absolute atomic E-state index is 5.56. The third-order valence-electron chi connectivity index (χ3n) is 4.00. The Labute approximate surface area is 81.5 Å². The highest BCUT2D eigenvalue weighted by Crippen LogP contribution is 2.49. The van der Waals surface area contributed by atoms with Crippen LogP contribution in [0.3, 0.4) is 0 Å². The molecule has 0 spiro atoms. The summed E-state index contributed by atoms with van der Waals surface area (Å²) in [5.41, 5.74) is 0. The molecular weight excluding hydrogens is 162 g/mol. The topological polar surface area (TPSA) is 9.23 Å². The first kappa shape index (κ1) is 9.47. The molecule has 76 valence electrons. The summed E-state index contributed by atoms with van der Waals surface area (Å²) >= 11 is 0. The van der Waals surface area contributed by atoms with E-state index in [1.54, 1.807) is 0 Å². The van der Waals surface area contributed by atoms with Crippen molar-refractivity contribution in [1.82, 2.24) is 0 Å². The Bertz CT molecular complexity index is 197. The van der Waals surface area contributed by atoms with Crippen LogP contribution in [0, 0.1) is 11.8 Å². The smallest absolute Gasteiger partial charge is 0.0967 e. The van der Waals surface area contributed by atoms with Crippen LogP contribution in [0.25, 0.3) is 0 Å². The molecule has 4 unspecified atom stereocenters. The number of quaternary nitrogens is 1. The average Bonchev–Trinajstić information content (AvgIpc) is 2.57. The van der Waals surface area contributed by atoms with Crippen LogP contribution in [-0.4, -0.2) is 44.9 Å². The van der Waals surface area contributed by atoms with Crippen molar-refractivity contribution in [1.29, 1.82) is 0 Å². The van der Waals surface area contributed by atoms with Gasteiger partial charge in [0.1, 0.15) is 0 Å². The zero-order valence-electron chi connectivity index (χ0n) is 9.29. The normalized spacial score (nSPS) is 44.3. The van der Waals surface area contributed by atoms with Crippen LogP contribution in [0.4, 0.5) is 0 Å². The van der Waals surface area contributed by atoms with Crippen molar-refractivity contribution >= 4 is 0 Å². The summed E-state index contributed by atoms with van der Waals surface area (Å²) in [5.74, 6) is 1.75. The van der Waals surface area contributed by atoms with Crippen molar-refractivity contribution in [2.45, 2.75) is 31.4 Å². The fourth-order valence-corrected chi connectivity index (χ4v) is 3.71. The van der Waals surface area contributed by atoms with Crippen LogP contribution in [0.15, 0.2) is 0 Å². The molecule has 4 atom stereocenters. The monoisotopic (exact) mass is 184 g/mol. The molecule has 0 saturated heterocycles. The minimum atomic E-state index is 0.557. The number of fused-ring (bicyclic) bond motifs is 2. The van der Waals surface area contributed by atoms with Crippen molar-refractivity contribution in [2.75, 3.05) is 28.3 Å². The van der Waals surface area contributed by atoms with Gasteiger partial charge in [-0.2, -0.15) is 0 Å². The van der Waals surface area contributed by atoms with Crippen LogP contribution in [0.1, 0.15) is 19.3 Å². The van der Waals surface area contributed by atoms with E-state index in [0.717, 1.165) is 22.4 Å². The molecule has 0 aliphatic heterocycles. The second-order valence-electron chi connectivity index (χ2n) is 5.62. The molecule has 0 heterocycles. The lowest BCUT2D eigenvalue weighted by Crippen LogP contribution is -2.48. The Balaban J connectivity index is 2.15. The van der Waals surface area contributed by atoms with E-state index in [9.17, 15) is 0 Å². The van der Waals surface area contributed by atoms with Gasteiger partial charge in [0.05, 0.1) is 33.3 Å². The molecule has 2 aliphatic rings. The van der Waals surface area contributed by atoms with E-state index in [4.69, 9.17) is 4.74 Å². The predicted molar refractivity (Wildman–Crippen MR) is 53.4 cm³/mol. The summed E-state index contributed by atoms with van der Waals surface area (Å²) in [6.07, 6.45) is 4.69. The Morgan fingerprint density at radius 1 is 1.15 bits per heavy atom. The summed E-state index contributed by atoms with van der Waals surface area (Å²) in [4.78, 5) is 0. The van der Waals surface area contributed by atoms with Crippen molar-refractivity contribution in [3.8, 4) is 0 Å². The summed E-state index contributed by atoms with van der Waals surface area (Å²) in [5, 5.41) is 0. The molecule has 2 rings (SSSR count). The van der Waals surface area contributed by atoms with Gasteiger partial charge >= 0.3 is 0 Å². The van der Waals surface area contributed by atoms with E-state index in [2.05, 4.69) is 21.1 Å². The van der Waals surface area contributed by atoms with E-state index < -0.39 is 0 Å². The van der Waals surface area contributed by atoms with Crippen LogP contribution in [0.2, 0.25) is 0 Å². The van der Waals surface area contributed by atoms with Gasteiger partial charge in [0.15, 0.2) is 0 Å². The molecule has 2 bridgehead atoms. The molecule has 2 saturated carbocycles. The van der Waals surface area contributed by atoms with Crippen LogP contribution >= 0.6 is 0 Å². The Hall–Kier alpha value is -0.0800. The number of hydrogen-bond donors (Lipinski definition) is 0. The third kappa shape index (κ3) is 1.40. The summed E-state index contributed by atoms with van der Waals surface area (Å²) in [7, 11) is 8.86. The lowest BCUT2D eigenvalue weighted by Gasteiger charge is -2.35. The molecule has 2 heteroatoms. The molecule has 0 aromatic heterocycles. The molecule has 0 radical (unpaired) electrons. The quantitative estimate of drug-likeness (QED) is 0.591. The van der Waals surface area contributed by atoms with Gasteiger partial charge in [0.2, 0.25) is 0 Å². The van der Waals surface area contributed by atoms with Crippen LogP contribution in [-0.2, 0) is 4.74 Å². The van der Waals surface area contributed by atoms with Crippen molar-refractivity contribution in [3.05, 3.63) is 0 Å². The van der Waals surface area contributed by atoms with E-state index in [-0.39, 0.29) is 0 Å². The number of ether oxygens (including phenoxy) is 1. The molecule has 0 aromatic carbocycles. The SMILES string of the molecule is COC1CC2CCC1C2[N+](C)(C)C. The Morgan fingerprint density at radius 2 is 1.85 bits per heavy atom. The highest BCUT2D eigenvalue weighted by Gasteiger charge is 2.54. The average molecular weight is 184 g/mol. The van der Waals surface area contributed by atoms with Gasteiger partial charge in [-0.05, 0) is 19.3 Å². The number of nitrogens with zero attached hydrogens (tertiary/aromatic N) is 1. The van der Waals surface area contributed by atoms with E-state index in [1.165, 1.54) is 19.3 Å². The van der Waals surface area contributed by atoms with Crippen LogP contribution in [0.5, 0.6) is 0 Å². The fraction of sp³-hybridized carbons (Fsp3) is 1.00. The van der Waals surface area contributed by atoms with Crippen molar-refractivity contribution in [2.24, 2.45) is 11.8 Å². The summed E-state index contributed by atoms with van der Waals surface area (Å²) in [6.45, 7) is 0. The zero-order valence-corrected chi connectivity index (χ0v) is 9.29. The molecule has 13 heavy (non-hydrogen) atoms. The fourth-order valence-electron chi connectivity index (χ4n) is 3.71. The molecule has 0 N–H and O–H groups in total. The molecule has 0 aromatic rings. The maximum Gasteiger partial charge on any atom is 0.0967 e. The first-order valence-electron chi connectivity index (χ1n) is 5.38. The van der Waals surface area contributed by atoms with Crippen LogP contribution < -0.4 is 0 Å². The second kappa shape index (κ2) is 2.96. The van der Waals surface area contributed by atoms with Gasteiger partial charge in [-0.1, -0.05) is 0 Å². The number of hydrogen-bond acceptors (Lipinski definition) is 1. The molecule has 2 fully saturated rings. The first-order chi connectivity index (χ1) is 6.04. The first-order valence-corrected chi connectivity index (χ1v) is 5.38. The largest absolute Gasteiger partial charge is 0.381 e. The van der Waals surface area contributed by atoms with Gasteiger partial charge in [-0.25, -0.2) is 0 Å². The lowest BCUT2D eigenvalue weighted by molar-refractivity contribution is -0.900. The number of rotatable bonds is 2. The highest BCUT2D eigenvalue weighted by molar-refractivity contribution is 4.98. The molecule has 0 amide bonds. The lowest BCUT2D eigenvalue weighted by atomic mass is 9.98. The van der Waals surface area contributed by atoms with Gasteiger partial charge in [-0.15, -0.1) is 0 Å². The Kier molecular flexibility index (Phi) is 2.16. The standard InChI is InChI=1S/C11H22NO/c1-12(2,3)11-8-5-6-9(11)10(7-8)13-4/h8-11H,5-7H2,1-4H3/q+1. The van der Waals surface area contributed by atoms with Gasteiger partial charge in [0.25, 0.3) is 0 Å². The van der Waals surface area contributed by atoms with Crippen molar-refractivity contribution in [3.63, 3.8) is 0 Å². The minimum absolute atomic E-state index is 0.557. The zero-order chi connectivity index (χ0) is 9.64. The summed E-state index contributed by atoms with van der Waals surface area (Å²) < 4.78 is 6.68. The third-order valence-corrected chi connectivity index (χ3v) is 4.00. The number of methoxy groups -OCH3 is 1. The van der Waals surface area contributed by atoms with E-state index in [0.29, 0.717) is 6.10 Å². The predicted octanol–water partition coefficient (Wildman–Crippen LogP) is 1.51. The summed E-state index contributed by atoms with van der Waals surface area (Å²) in [6, 6.07) is 0.852. The molecular formula is C11H22NO+. The van der Waals surface area contributed by atoms with Gasteiger partial charge in [-0.3, -0.25) is 0 Å². The van der Waals surface area contributed by atoms with E-state index >= 15 is 0 Å². The minimum Gasteiger partial charge on any atom is -0.381 e. The Morgan fingerprint density at radius 3 is 2.23 bits per heavy atom. The van der Waals surface area contributed by atoms with E-state index in [1.807, 2.05) is 7.11 Å².